The molecule has 2 fully saturated rings. The summed E-state index contributed by atoms with van der Waals surface area (Å²) in [5.74, 6) is 0.985. The Hall–Kier alpha value is -1.31. The Morgan fingerprint density at radius 1 is 1.00 bits per heavy atom. The first-order valence-corrected chi connectivity index (χ1v) is 7.70. The van der Waals surface area contributed by atoms with Gasteiger partial charge in [0.2, 0.25) is 5.91 Å². The molecule has 0 spiro atoms. The Morgan fingerprint density at radius 2 is 1.68 bits per heavy atom. The molecule has 0 aliphatic heterocycles. The van der Waals surface area contributed by atoms with Crippen molar-refractivity contribution in [3.05, 3.63) is 35.9 Å². The van der Waals surface area contributed by atoms with Crippen LogP contribution in [-0.2, 0) is 4.79 Å². The zero-order valence-corrected chi connectivity index (χ0v) is 11.5. The van der Waals surface area contributed by atoms with E-state index in [0.717, 1.165) is 6.42 Å². The first-order valence-electron chi connectivity index (χ1n) is 7.70. The van der Waals surface area contributed by atoms with Gasteiger partial charge in [-0.1, -0.05) is 56.0 Å². The summed E-state index contributed by atoms with van der Waals surface area (Å²) in [5, 5.41) is 3.28. The van der Waals surface area contributed by atoms with E-state index in [9.17, 15) is 4.79 Å². The molecule has 2 saturated carbocycles. The fraction of sp³-hybridized carbons (Fsp3) is 0.588. The van der Waals surface area contributed by atoms with Gasteiger partial charge in [0.15, 0.2) is 0 Å². The van der Waals surface area contributed by atoms with Crippen LogP contribution < -0.4 is 5.32 Å². The maximum Gasteiger partial charge on any atom is 0.223 e. The van der Waals surface area contributed by atoms with E-state index in [0.29, 0.717) is 17.9 Å². The van der Waals surface area contributed by atoms with Crippen LogP contribution in [0, 0.1) is 5.92 Å². The summed E-state index contributed by atoms with van der Waals surface area (Å²) in [7, 11) is 0. The molecule has 1 amide bonds. The van der Waals surface area contributed by atoms with Crippen molar-refractivity contribution < 1.29 is 4.79 Å². The zero-order chi connectivity index (χ0) is 13.1. The van der Waals surface area contributed by atoms with Gasteiger partial charge in [-0.2, -0.15) is 0 Å². The molecule has 2 nitrogen and oxygen atoms in total. The molecule has 0 heterocycles. The fourth-order valence-corrected chi connectivity index (χ4v) is 3.29. The number of hydrogen-bond donors (Lipinski definition) is 1. The minimum Gasteiger partial charge on any atom is -0.353 e. The smallest absolute Gasteiger partial charge is 0.223 e. The Bertz CT molecular complexity index is 420. The predicted octanol–water partition coefficient (Wildman–Crippen LogP) is 3.63. The SMILES string of the molecule is O=C(NC1CCCCCC1)C1CC1c1ccccc1. The van der Waals surface area contributed by atoms with E-state index >= 15 is 0 Å². The second-order valence-corrected chi connectivity index (χ2v) is 6.06. The molecule has 1 aromatic carbocycles. The van der Waals surface area contributed by atoms with Gasteiger partial charge in [0, 0.05) is 12.0 Å². The van der Waals surface area contributed by atoms with E-state index in [4.69, 9.17) is 0 Å². The van der Waals surface area contributed by atoms with Crippen LogP contribution in [0.4, 0.5) is 0 Å². The molecule has 1 aromatic rings. The quantitative estimate of drug-likeness (QED) is 0.823. The molecule has 2 heteroatoms. The van der Waals surface area contributed by atoms with Crippen molar-refractivity contribution in [3.8, 4) is 0 Å². The van der Waals surface area contributed by atoms with Gasteiger partial charge in [-0.15, -0.1) is 0 Å². The van der Waals surface area contributed by atoms with Crippen molar-refractivity contribution >= 4 is 5.91 Å². The third-order valence-corrected chi connectivity index (χ3v) is 4.56. The number of nitrogens with one attached hydrogen (secondary N) is 1. The summed E-state index contributed by atoms with van der Waals surface area (Å²) in [6, 6.07) is 10.9. The molecule has 19 heavy (non-hydrogen) atoms. The van der Waals surface area contributed by atoms with Gasteiger partial charge in [-0.3, -0.25) is 4.79 Å². The van der Waals surface area contributed by atoms with E-state index in [1.165, 1.54) is 44.1 Å². The second-order valence-electron chi connectivity index (χ2n) is 6.06. The lowest BCUT2D eigenvalue weighted by atomic mass is 10.1. The third-order valence-electron chi connectivity index (χ3n) is 4.56. The summed E-state index contributed by atoms with van der Waals surface area (Å²) < 4.78 is 0. The Kier molecular flexibility index (Phi) is 3.86. The van der Waals surface area contributed by atoms with Crippen LogP contribution in [0.25, 0.3) is 0 Å². The average molecular weight is 257 g/mol. The lowest BCUT2D eigenvalue weighted by Gasteiger charge is -2.16. The van der Waals surface area contributed by atoms with Crippen molar-refractivity contribution in [2.75, 3.05) is 0 Å². The highest BCUT2D eigenvalue weighted by atomic mass is 16.2. The van der Waals surface area contributed by atoms with Gasteiger partial charge in [-0.25, -0.2) is 0 Å². The molecule has 2 unspecified atom stereocenters. The molecular formula is C17H23NO. The van der Waals surface area contributed by atoms with Gasteiger partial charge in [0.1, 0.15) is 0 Å². The highest BCUT2D eigenvalue weighted by Gasteiger charge is 2.44. The first-order chi connectivity index (χ1) is 9.34. The molecule has 1 N–H and O–H groups in total. The van der Waals surface area contributed by atoms with Gasteiger partial charge in [0.05, 0.1) is 0 Å². The van der Waals surface area contributed by atoms with E-state index in [1.54, 1.807) is 0 Å². The van der Waals surface area contributed by atoms with E-state index in [2.05, 4.69) is 29.6 Å². The van der Waals surface area contributed by atoms with Crippen molar-refractivity contribution in [1.82, 2.24) is 5.32 Å². The van der Waals surface area contributed by atoms with E-state index in [-0.39, 0.29) is 5.92 Å². The summed E-state index contributed by atoms with van der Waals surface area (Å²) >= 11 is 0. The predicted molar refractivity (Wildman–Crippen MR) is 76.9 cm³/mol. The van der Waals surface area contributed by atoms with Crippen LogP contribution in [0.15, 0.2) is 30.3 Å². The van der Waals surface area contributed by atoms with Crippen molar-refractivity contribution in [1.29, 1.82) is 0 Å². The monoisotopic (exact) mass is 257 g/mol. The molecule has 2 aliphatic carbocycles. The lowest BCUT2D eigenvalue weighted by molar-refractivity contribution is -0.123. The minimum atomic E-state index is 0.227. The lowest BCUT2D eigenvalue weighted by Crippen LogP contribution is -2.35. The molecule has 3 rings (SSSR count). The standard InChI is InChI=1S/C17H23NO/c19-17(18-14-10-6-1-2-7-11-14)16-12-15(16)13-8-4-3-5-9-13/h3-5,8-9,14-16H,1-2,6-7,10-12H2,(H,18,19). The number of benzene rings is 1. The number of amides is 1. The van der Waals surface area contributed by atoms with E-state index < -0.39 is 0 Å². The Morgan fingerprint density at radius 3 is 2.37 bits per heavy atom. The van der Waals surface area contributed by atoms with Crippen LogP contribution in [0.3, 0.4) is 0 Å². The molecular weight excluding hydrogens is 234 g/mol. The third kappa shape index (κ3) is 3.17. The largest absolute Gasteiger partial charge is 0.353 e. The number of carbonyl (C=O) groups is 1. The summed E-state index contributed by atoms with van der Waals surface area (Å²) in [4.78, 5) is 12.3. The second kappa shape index (κ2) is 5.77. The van der Waals surface area contributed by atoms with Gasteiger partial charge in [0.25, 0.3) is 0 Å². The normalized spacial score (nSPS) is 27.6. The molecule has 0 saturated heterocycles. The van der Waals surface area contributed by atoms with Crippen LogP contribution in [-0.4, -0.2) is 11.9 Å². The molecule has 2 atom stereocenters. The summed E-state index contributed by atoms with van der Waals surface area (Å²) in [6.45, 7) is 0. The van der Waals surface area contributed by atoms with Crippen LogP contribution >= 0.6 is 0 Å². The molecule has 0 aromatic heterocycles. The summed E-state index contributed by atoms with van der Waals surface area (Å²) in [6.07, 6.45) is 8.60. The zero-order valence-electron chi connectivity index (χ0n) is 11.5. The summed E-state index contributed by atoms with van der Waals surface area (Å²) in [5.41, 5.74) is 1.32. The van der Waals surface area contributed by atoms with Crippen LogP contribution in [0.5, 0.6) is 0 Å². The minimum absolute atomic E-state index is 0.227. The van der Waals surface area contributed by atoms with Gasteiger partial charge >= 0.3 is 0 Å². The van der Waals surface area contributed by atoms with Gasteiger partial charge < -0.3 is 5.32 Å². The fourth-order valence-electron chi connectivity index (χ4n) is 3.29. The highest BCUT2D eigenvalue weighted by molar-refractivity contribution is 5.83. The number of hydrogen-bond acceptors (Lipinski definition) is 1. The first kappa shape index (κ1) is 12.7. The van der Waals surface area contributed by atoms with E-state index in [1.807, 2.05) is 6.07 Å². The van der Waals surface area contributed by atoms with Crippen LogP contribution in [0.1, 0.15) is 56.4 Å². The molecule has 102 valence electrons. The molecule has 0 radical (unpaired) electrons. The molecule has 0 bridgehead atoms. The van der Waals surface area contributed by atoms with Crippen LogP contribution in [0.2, 0.25) is 0 Å². The van der Waals surface area contributed by atoms with Crippen molar-refractivity contribution in [3.63, 3.8) is 0 Å². The van der Waals surface area contributed by atoms with Gasteiger partial charge in [-0.05, 0) is 30.7 Å². The highest BCUT2D eigenvalue weighted by Crippen LogP contribution is 2.47. The average Bonchev–Trinajstić information content (AvgIpc) is 3.24. The number of carbonyl (C=O) groups excluding carboxylic acids is 1. The maximum atomic E-state index is 12.3. The number of rotatable bonds is 3. The van der Waals surface area contributed by atoms with Crippen molar-refractivity contribution in [2.24, 2.45) is 5.92 Å². The topological polar surface area (TPSA) is 29.1 Å². The molecule has 2 aliphatic rings. The Balaban J connectivity index is 1.52. The van der Waals surface area contributed by atoms with Crippen molar-refractivity contribution in [2.45, 2.75) is 56.9 Å². The maximum absolute atomic E-state index is 12.3. The Labute approximate surface area is 115 Å².